The summed E-state index contributed by atoms with van der Waals surface area (Å²) >= 11 is 6.45. The Morgan fingerprint density at radius 1 is 1.20 bits per heavy atom. The summed E-state index contributed by atoms with van der Waals surface area (Å²) in [4.78, 5) is 38.1. The second-order valence-corrected chi connectivity index (χ2v) is 8.02. The van der Waals surface area contributed by atoms with Gasteiger partial charge in [-0.15, -0.1) is 0 Å². The minimum Gasteiger partial charge on any atom is -0.496 e. The fourth-order valence-electron chi connectivity index (χ4n) is 2.80. The van der Waals surface area contributed by atoms with E-state index in [-0.39, 0.29) is 15.8 Å². The molecule has 1 aliphatic heterocycles. The summed E-state index contributed by atoms with van der Waals surface area (Å²) in [5.41, 5.74) is 1.27. The van der Waals surface area contributed by atoms with Gasteiger partial charge in [-0.2, -0.15) is 0 Å². The third kappa shape index (κ3) is 4.52. The number of thiocarbonyl (C=S) groups is 1. The Morgan fingerprint density at radius 3 is 2.50 bits per heavy atom. The molecule has 0 radical (unpaired) electrons. The summed E-state index contributed by atoms with van der Waals surface area (Å²) in [6.07, 6.45) is 1.69. The Kier molecular flexibility index (Phi) is 6.53. The van der Waals surface area contributed by atoms with Crippen LogP contribution in [0.4, 0.5) is 5.69 Å². The maximum atomic E-state index is 12.9. The molecule has 2 aromatic carbocycles. The minimum absolute atomic E-state index is 0.111. The molecule has 1 fully saturated rings. The van der Waals surface area contributed by atoms with Crippen LogP contribution in [-0.2, 0) is 9.59 Å². The summed E-state index contributed by atoms with van der Waals surface area (Å²) in [6, 6.07) is 12.2. The number of carboxylic acid groups (broad SMARTS) is 1. The molecule has 1 heterocycles. The van der Waals surface area contributed by atoms with Gasteiger partial charge in [0.1, 0.15) is 16.1 Å². The van der Waals surface area contributed by atoms with Crippen LogP contribution < -0.4 is 10.1 Å². The van der Waals surface area contributed by atoms with E-state index in [1.807, 2.05) is 18.2 Å². The number of nitrogens with one attached hydrogen (secondary N) is 1. The zero-order chi connectivity index (χ0) is 21.8. The first kappa shape index (κ1) is 21.5. The molecule has 9 heteroatoms. The molecule has 0 aliphatic carbocycles. The minimum atomic E-state index is -1.05. The van der Waals surface area contributed by atoms with Crippen LogP contribution >= 0.6 is 24.0 Å². The molecular formula is C21H18N2O5S2. The molecule has 1 atom stereocenters. The Balaban J connectivity index is 1.75. The van der Waals surface area contributed by atoms with Gasteiger partial charge in [-0.05, 0) is 43.3 Å². The van der Waals surface area contributed by atoms with Crippen molar-refractivity contribution in [2.45, 2.75) is 13.0 Å². The van der Waals surface area contributed by atoms with Crippen LogP contribution in [0.3, 0.4) is 0 Å². The number of methoxy groups -OCH3 is 1. The van der Waals surface area contributed by atoms with Crippen molar-refractivity contribution in [3.63, 3.8) is 0 Å². The van der Waals surface area contributed by atoms with Gasteiger partial charge in [0.15, 0.2) is 0 Å². The second-order valence-electron chi connectivity index (χ2n) is 6.34. The van der Waals surface area contributed by atoms with E-state index in [1.54, 1.807) is 26.2 Å². The third-order valence-electron chi connectivity index (χ3n) is 4.42. The molecular weight excluding hydrogens is 424 g/mol. The summed E-state index contributed by atoms with van der Waals surface area (Å²) in [5, 5.41) is 11.6. The first-order valence-electron chi connectivity index (χ1n) is 8.86. The summed E-state index contributed by atoms with van der Waals surface area (Å²) in [7, 11) is 1.55. The van der Waals surface area contributed by atoms with E-state index < -0.39 is 17.9 Å². The number of hydrogen-bond donors (Lipinski definition) is 2. The van der Waals surface area contributed by atoms with E-state index in [9.17, 15) is 14.4 Å². The Labute approximate surface area is 182 Å². The zero-order valence-electron chi connectivity index (χ0n) is 16.1. The lowest BCUT2D eigenvalue weighted by atomic mass is 10.1. The Hall–Kier alpha value is -3.17. The quantitative estimate of drug-likeness (QED) is 0.521. The lowest BCUT2D eigenvalue weighted by Crippen LogP contribution is -2.44. The number of aromatic carboxylic acids is 1. The highest BCUT2D eigenvalue weighted by molar-refractivity contribution is 8.26. The standard InChI is InChI=1S/C21H18N2O5S2/c1-12(18(24)22-15-9-7-13(8-10-15)20(26)27)23-19(25)17(30-21(23)29)11-14-5-3-4-6-16(14)28-2/h3-12H,1-2H3,(H,22,24)(H,26,27)/b17-11-. The van der Waals surface area contributed by atoms with Crippen molar-refractivity contribution in [1.29, 1.82) is 0 Å². The van der Waals surface area contributed by atoms with Crippen molar-refractivity contribution in [2.24, 2.45) is 0 Å². The number of nitrogens with zero attached hydrogens (tertiary/aromatic N) is 1. The highest BCUT2D eigenvalue weighted by Gasteiger charge is 2.38. The van der Waals surface area contributed by atoms with E-state index in [0.717, 1.165) is 17.3 Å². The van der Waals surface area contributed by atoms with Gasteiger partial charge in [0.25, 0.3) is 5.91 Å². The number of carbonyl (C=O) groups is 3. The fraction of sp³-hybridized carbons (Fsp3) is 0.143. The summed E-state index contributed by atoms with van der Waals surface area (Å²) < 4.78 is 5.59. The number of carboxylic acids is 1. The molecule has 2 N–H and O–H groups in total. The number of rotatable bonds is 6. The topological polar surface area (TPSA) is 95.9 Å². The SMILES string of the molecule is COc1ccccc1/C=C1\SC(=S)N(C(C)C(=O)Nc2ccc(C(=O)O)cc2)C1=O. The van der Waals surface area contributed by atoms with Crippen LogP contribution in [0.1, 0.15) is 22.8 Å². The van der Waals surface area contributed by atoms with Crippen molar-refractivity contribution in [1.82, 2.24) is 4.90 Å². The van der Waals surface area contributed by atoms with Crippen LogP contribution in [-0.4, -0.2) is 45.3 Å². The van der Waals surface area contributed by atoms with E-state index in [2.05, 4.69) is 5.32 Å². The van der Waals surface area contributed by atoms with Crippen LogP contribution in [0, 0.1) is 0 Å². The summed E-state index contributed by atoms with van der Waals surface area (Å²) in [6.45, 7) is 1.58. The molecule has 1 saturated heterocycles. The summed E-state index contributed by atoms with van der Waals surface area (Å²) in [5.74, 6) is -1.23. The Bertz CT molecular complexity index is 1050. The normalized spacial score (nSPS) is 15.9. The highest BCUT2D eigenvalue weighted by Crippen LogP contribution is 2.35. The average Bonchev–Trinajstić information content (AvgIpc) is 3.01. The van der Waals surface area contributed by atoms with Crippen LogP contribution in [0.25, 0.3) is 6.08 Å². The molecule has 1 aliphatic rings. The maximum absolute atomic E-state index is 12.9. The molecule has 0 bridgehead atoms. The van der Waals surface area contributed by atoms with Crippen molar-refractivity contribution in [2.75, 3.05) is 12.4 Å². The van der Waals surface area contributed by atoms with Gasteiger partial charge in [0.05, 0.1) is 17.6 Å². The van der Waals surface area contributed by atoms with Crippen molar-refractivity contribution < 1.29 is 24.2 Å². The van der Waals surface area contributed by atoms with Crippen LogP contribution in [0.5, 0.6) is 5.75 Å². The Morgan fingerprint density at radius 2 is 1.87 bits per heavy atom. The molecule has 30 heavy (non-hydrogen) atoms. The number of carbonyl (C=O) groups excluding carboxylic acids is 2. The number of anilines is 1. The average molecular weight is 443 g/mol. The molecule has 2 aromatic rings. The third-order valence-corrected chi connectivity index (χ3v) is 5.75. The lowest BCUT2D eigenvalue weighted by molar-refractivity contribution is -0.129. The first-order valence-corrected chi connectivity index (χ1v) is 10.1. The van der Waals surface area contributed by atoms with Gasteiger partial charge in [0.2, 0.25) is 5.91 Å². The highest BCUT2D eigenvalue weighted by atomic mass is 32.2. The second kappa shape index (κ2) is 9.10. The van der Waals surface area contributed by atoms with E-state index >= 15 is 0 Å². The van der Waals surface area contributed by atoms with Crippen molar-refractivity contribution in [3.8, 4) is 5.75 Å². The van der Waals surface area contributed by atoms with Crippen LogP contribution in [0.2, 0.25) is 0 Å². The number of benzene rings is 2. The number of para-hydroxylation sites is 1. The largest absolute Gasteiger partial charge is 0.496 e. The smallest absolute Gasteiger partial charge is 0.335 e. The van der Waals surface area contributed by atoms with Gasteiger partial charge in [-0.1, -0.05) is 42.2 Å². The predicted octanol–water partition coefficient (Wildman–Crippen LogP) is 3.62. The molecule has 0 spiro atoms. The molecule has 2 amide bonds. The van der Waals surface area contributed by atoms with Gasteiger partial charge in [-0.3, -0.25) is 14.5 Å². The number of ether oxygens (including phenoxy) is 1. The molecule has 0 saturated carbocycles. The van der Waals surface area contributed by atoms with E-state index in [1.165, 1.54) is 29.2 Å². The van der Waals surface area contributed by atoms with Crippen molar-refractivity contribution >= 4 is 57.8 Å². The molecule has 1 unspecified atom stereocenters. The predicted molar refractivity (Wildman–Crippen MR) is 119 cm³/mol. The van der Waals surface area contributed by atoms with E-state index in [0.29, 0.717) is 16.3 Å². The molecule has 0 aromatic heterocycles. The van der Waals surface area contributed by atoms with Crippen molar-refractivity contribution in [3.05, 3.63) is 64.6 Å². The lowest BCUT2D eigenvalue weighted by Gasteiger charge is -2.22. The molecule has 3 rings (SSSR count). The van der Waals surface area contributed by atoms with Gasteiger partial charge >= 0.3 is 5.97 Å². The number of hydrogen-bond acceptors (Lipinski definition) is 6. The molecule has 7 nitrogen and oxygen atoms in total. The van der Waals surface area contributed by atoms with Gasteiger partial charge in [0, 0.05) is 11.3 Å². The van der Waals surface area contributed by atoms with Crippen LogP contribution in [0.15, 0.2) is 53.4 Å². The monoisotopic (exact) mass is 442 g/mol. The maximum Gasteiger partial charge on any atom is 0.335 e. The zero-order valence-corrected chi connectivity index (χ0v) is 17.8. The van der Waals surface area contributed by atoms with E-state index in [4.69, 9.17) is 22.1 Å². The van der Waals surface area contributed by atoms with Gasteiger partial charge < -0.3 is 15.2 Å². The van der Waals surface area contributed by atoms with Gasteiger partial charge in [-0.25, -0.2) is 4.79 Å². The fourth-order valence-corrected chi connectivity index (χ4v) is 4.21. The molecule has 154 valence electrons. The first-order chi connectivity index (χ1) is 14.3. The number of amides is 2. The number of thioether (sulfide) groups is 1.